The van der Waals surface area contributed by atoms with Crippen LogP contribution in [0.5, 0.6) is 0 Å². The van der Waals surface area contributed by atoms with Crippen LogP contribution in [0.2, 0.25) is 0 Å². The number of hydrogen-bond donors (Lipinski definition) is 2. The molecule has 132 valence electrons. The van der Waals surface area contributed by atoms with Crippen molar-refractivity contribution in [3.63, 3.8) is 0 Å². The second-order valence-electron chi connectivity index (χ2n) is 6.57. The lowest BCUT2D eigenvalue weighted by molar-refractivity contribution is 0.0264. The van der Waals surface area contributed by atoms with Crippen molar-refractivity contribution < 1.29 is 4.74 Å². The molecule has 0 heterocycles. The van der Waals surface area contributed by atoms with E-state index < -0.39 is 0 Å². The van der Waals surface area contributed by atoms with Crippen molar-refractivity contribution in [2.45, 2.75) is 77.7 Å². The number of aliphatic imine (C=N–C) groups is 1. The lowest BCUT2D eigenvalue weighted by atomic mass is 9.98. The van der Waals surface area contributed by atoms with Crippen LogP contribution < -0.4 is 11.1 Å². The number of nitrogens with one attached hydrogen (secondary N) is 1. The Hall–Kier alpha value is -0.0400. The quantitative estimate of drug-likeness (QED) is 0.240. The molecule has 4 nitrogen and oxygen atoms in total. The van der Waals surface area contributed by atoms with Crippen molar-refractivity contribution in [3.8, 4) is 0 Å². The fraction of sp³-hybridized carbons (Fsp3) is 0.941. The predicted octanol–water partition coefficient (Wildman–Crippen LogP) is 4.07. The minimum Gasteiger partial charge on any atom is -0.378 e. The van der Waals surface area contributed by atoms with Crippen molar-refractivity contribution in [1.82, 2.24) is 5.32 Å². The maximum Gasteiger partial charge on any atom is 0.188 e. The molecule has 0 bridgehead atoms. The summed E-state index contributed by atoms with van der Waals surface area (Å²) in [5, 5.41) is 3.16. The topological polar surface area (TPSA) is 59.6 Å². The summed E-state index contributed by atoms with van der Waals surface area (Å²) in [6, 6.07) is 0. The number of rotatable bonds is 10. The summed E-state index contributed by atoms with van der Waals surface area (Å²) < 4.78 is 5.91. The Morgan fingerprint density at radius 3 is 2.59 bits per heavy atom. The predicted molar refractivity (Wildman–Crippen MR) is 106 cm³/mol. The molecule has 0 radical (unpaired) electrons. The van der Waals surface area contributed by atoms with E-state index in [-0.39, 0.29) is 24.0 Å². The molecule has 0 aliphatic heterocycles. The summed E-state index contributed by atoms with van der Waals surface area (Å²) in [7, 11) is 0. The zero-order chi connectivity index (χ0) is 15.3. The van der Waals surface area contributed by atoms with Crippen molar-refractivity contribution in [2.75, 3.05) is 19.7 Å². The number of hydrogen-bond acceptors (Lipinski definition) is 2. The van der Waals surface area contributed by atoms with Gasteiger partial charge >= 0.3 is 0 Å². The summed E-state index contributed by atoms with van der Waals surface area (Å²) in [6.45, 7) is 7.08. The molecule has 0 aromatic rings. The highest BCUT2D eigenvalue weighted by atomic mass is 127. The molecular formula is C17H36IN3O. The third-order valence-electron chi connectivity index (χ3n) is 4.02. The third kappa shape index (κ3) is 12.5. The Morgan fingerprint density at radius 1 is 1.18 bits per heavy atom. The number of nitrogens with zero attached hydrogens (tertiary/aromatic N) is 1. The van der Waals surface area contributed by atoms with Gasteiger partial charge in [0, 0.05) is 19.7 Å². The zero-order valence-corrected chi connectivity index (χ0v) is 16.8. The van der Waals surface area contributed by atoms with Gasteiger partial charge < -0.3 is 15.8 Å². The Labute approximate surface area is 154 Å². The lowest BCUT2D eigenvalue weighted by Crippen LogP contribution is -2.33. The maximum atomic E-state index is 5.91. The van der Waals surface area contributed by atoms with Crippen LogP contribution >= 0.6 is 24.0 Å². The fourth-order valence-electron chi connectivity index (χ4n) is 2.62. The van der Waals surface area contributed by atoms with Crippen LogP contribution in [-0.2, 0) is 4.74 Å². The Morgan fingerprint density at radius 2 is 1.91 bits per heavy atom. The molecule has 3 N–H and O–H groups in total. The van der Waals surface area contributed by atoms with E-state index in [9.17, 15) is 0 Å². The molecule has 1 saturated carbocycles. The van der Waals surface area contributed by atoms with Crippen LogP contribution in [0.25, 0.3) is 0 Å². The molecule has 0 amide bonds. The highest BCUT2D eigenvalue weighted by Crippen LogP contribution is 2.20. The summed E-state index contributed by atoms with van der Waals surface area (Å²) in [6.07, 6.45) is 11.7. The van der Waals surface area contributed by atoms with Gasteiger partial charge in [-0.3, -0.25) is 4.99 Å². The molecule has 22 heavy (non-hydrogen) atoms. The third-order valence-corrected chi connectivity index (χ3v) is 4.02. The molecular weight excluding hydrogens is 389 g/mol. The van der Waals surface area contributed by atoms with E-state index in [0.29, 0.717) is 18.0 Å². The maximum absolute atomic E-state index is 5.91. The molecule has 1 rings (SSSR count). The first-order chi connectivity index (χ1) is 10.2. The van der Waals surface area contributed by atoms with Crippen LogP contribution in [0, 0.1) is 5.92 Å². The van der Waals surface area contributed by atoms with Gasteiger partial charge in [0.1, 0.15) is 0 Å². The van der Waals surface area contributed by atoms with Crippen molar-refractivity contribution in [1.29, 1.82) is 0 Å². The first-order valence-electron chi connectivity index (χ1n) is 8.84. The molecule has 0 saturated heterocycles. The van der Waals surface area contributed by atoms with Crippen molar-refractivity contribution in [3.05, 3.63) is 0 Å². The first-order valence-corrected chi connectivity index (χ1v) is 8.84. The van der Waals surface area contributed by atoms with Crippen LogP contribution in [0.1, 0.15) is 71.6 Å². The summed E-state index contributed by atoms with van der Waals surface area (Å²) in [5.74, 6) is 1.29. The lowest BCUT2D eigenvalue weighted by Gasteiger charge is -2.21. The van der Waals surface area contributed by atoms with Crippen LogP contribution in [0.4, 0.5) is 0 Å². The van der Waals surface area contributed by atoms with E-state index in [1.165, 1.54) is 38.5 Å². The molecule has 0 aromatic heterocycles. The van der Waals surface area contributed by atoms with Gasteiger partial charge in [-0.25, -0.2) is 0 Å². The largest absolute Gasteiger partial charge is 0.378 e. The minimum absolute atomic E-state index is 0. The van der Waals surface area contributed by atoms with Gasteiger partial charge in [0.25, 0.3) is 0 Å². The van der Waals surface area contributed by atoms with Crippen molar-refractivity contribution in [2.24, 2.45) is 16.6 Å². The van der Waals surface area contributed by atoms with Crippen LogP contribution in [0.3, 0.4) is 0 Å². The molecule has 1 fully saturated rings. The van der Waals surface area contributed by atoms with E-state index in [1.54, 1.807) is 0 Å². The Balaban J connectivity index is 0.00000441. The van der Waals surface area contributed by atoms with Gasteiger partial charge in [-0.05, 0) is 44.4 Å². The number of halogens is 1. The number of guanidine groups is 1. The Kier molecular flexibility index (Phi) is 14.5. The molecule has 0 aromatic carbocycles. The minimum atomic E-state index is 0. The van der Waals surface area contributed by atoms with E-state index in [2.05, 4.69) is 24.2 Å². The summed E-state index contributed by atoms with van der Waals surface area (Å²) in [5.41, 5.74) is 5.81. The molecule has 0 spiro atoms. The van der Waals surface area contributed by atoms with Gasteiger partial charge in [-0.15, -0.1) is 24.0 Å². The molecule has 5 heteroatoms. The van der Waals surface area contributed by atoms with Crippen LogP contribution in [0.15, 0.2) is 4.99 Å². The highest BCUT2D eigenvalue weighted by molar-refractivity contribution is 14.0. The van der Waals surface area contributed by atoms with Crippen LogP contribution in [-0.4, -0.2) is 31.8 Å². The SMILES string of the molecule is CC(C)CCNC(N)=NCCCCCOC1CCCCC1.I. The number of nitrogens with two attached hydrogens (primary N) is 1. The van der Waals surface area contributed by atoms with E-state index in [0.717, 1.165) is 39.0 Å². The normalized spacial score (nSPS) is 16.6. The fourth-order valence-corrected chi connectivity index (χ4v) is 2.62. The second-order valence-corrected chi connectivity index (χ2v) is 6.57. The second kappa shape index (κ2) is 14.5. The number of unbranched alkanes of at least 4 members (excludes halogenated alkanes) is 2. The molecule has 1 aliphatic carbocycles. The van der Waals surface area contributed by atoms with Gasteiger partial charge in [-0.2, -0.15) is 0 Å². The van der Waals surface area contributed by atoms with Gasteiger partial charge in [0.05, 0.1) is 6.10 Å². The highest BCUT2D eigenvalue weighted by Gasteiger charge is 2.12. The van der Waals surface area contributed by atoms with E-state index >= 15 is 0 Å². The van der Waals surface area contributed by atoms with E-state index in [4.69, 9.17) is 10.5 Å². The summed E-state index contributed by atoms with van der Waals surface area (Å²) >= 11 is 0. The van der Waals surface area contributed by atoms with E-state index in [1.807, 2.05) is 0 Å². The zero-order valence-electron chi connectivity index (χ0n) is 14.5. The standard InChI is InChI=1S/C17H35N3O.HI/c1-15(2)11-13-20-17(18)19-12-7-4-8-14-21-16-9-5-3-6-10-16;/h15-16H,3-14H2,1-2H3,(H3,18,19,20);1H. The molecule has 1 aliphatic rings. The first kappa shape index (κ1) is 22.0. The number of ether oxygens (including phenoxy) is 1. The average molecular weight is 425 g/mol. The van der Waals surface area contributed by atoms with Gasteiger partial charge in [-0.1, -0.05) is 33.1 Å². The van der Waals surface area contributed by atoms with Gasteiger partial charge in [0.2, 0.25) is 0 Å². The molecule has 0 atom stereocenters. The molecule has 0 unspecified atom stereocenters. The monoisotopic (exact) mass is 425 g/mol. The van der Waals surface area contributed by atoms with Crippen molar-refractivity contribution >= 4 is 29.9 Å². The smallest absolute Gasteiger partial charge is 0.188 e. The average Bonchev–Trinajstić information content (AvgIpc) is 2.47. The Bertz CT molecular complexity index is 279. The summed E-state index contributed by atoms with van der Waals surface area (Å²) in [4.78, 5) is 4.35. The van der Waals surface area contributed by atoms with Gasteiger partial charge in [0.15, 0.2) is 5.96 Å².